The molecule has 0 radical (unpaired) electrons. The van der Waals surface area contributed by atoms with Gasteiger partial charge in [0.1, 0.15) is 0 Å². The molecule has 0 aromatic heterocycles. The van der Waals surface area contributed by atoms with Crippen molar-refractivity contribution in [2.45, 2.75) is 19.3 Å². The zero-order chi connectivity index (χ0) is 11.5. The molecular weight excluding hydrogens is 204 g/mol. The summed E-state index contributed by atoms with van der Waals surface area (Å²) in [5.41, 5.74) is 5.67. The van der Waals surface area contributed by atoms with Gasteiger partial charge in [0, 0.05) is 0 Å². The van der Waals surface area contributed by atoms with Crippen molar-refractivity contribution in [3.8, 4) is 0 Å². The molecule has 2 aromatic rings. The number of hydrogen-bond acceptors (Lipinski definition) is 0. The molecule has 0 atom stereocenters. The Morgan fingerprint density at radius 1 is 0.765 bits per heavy atom. The third-order valence-electron chi connectivity index (χ3n) is 3.38. The zero-order valence-corrected chi connectivity index (χ0v) is 9.89. The summed E-state index contributed by atoms with van der Waals surface area (Å²) in [7, 11) is 0. The largest absolute Gasteiger partial charge is 0.0804 e. The van der Waals surface area contributed by atoms with Crippen molar-refractivity contribution in [3.05, 3.63) is 77.4 Å². The fraction of sp³-hybridized carbons (Fsp3) is 0.176. The topological polar surface area (TPSA) is 0 Å². The van der Waals surface area contributed by atoms with Crippen molar-refractivity contribution < 1.29 is 0 Å². The van der Waals surface area contributed by atoms with Crippen LogP contribution in [0.25, 0.3) is 5.57 Å². The van der Waals surface area contributed by atoms with Gasteiger partial charge >= 0.3 is 0 Å². The summed E-state index contributed by atoms with van der Waals surface area (Å²) < 4.78 is 0. The van der Waals surface area contributed by atoms with Crippen LogP contribution in [0.2, 0.25) is 0 Å². The first-order valence-electron chi connectivity index (χ1n) is 6.24. The molecule has 0 saturated heterocycles. The molecule has 1 aliphatic rings. The molecule has 84 valence electrons. The minimum atomic E-state index is 1.03. The monoisotopic (exact) mass is 220 g/mol. The second-order valence-electron chi connectivity index (χ2n) is 4.63. The van der Waals surface area contributed by atoms with E-state index in [1.54, 1.807) is 0 Å². The molecule has 0 bridgehead atoms. The van der Waals surface area contributed by atoms with Gasteiger partial charge in [0.2, 0.25) is 0 Å². The lowest BCUT2D eigenvalue weighted by Gasteiger charge is -2.14. The first-order chi connectivity index (χ1) is 8.42. The molecular formula is C17H16. The Labute approximate surface area is 103 Å². The van der Waals surface area contributed by atoms with Crippen LogP contribution in [0.5, 0.6) is 0 Å². The molecule has 3 rings (SSSR count). The third kappa shape index (κ3) is 2.31. The summed E-state index contributed by atoms with van der Waals surface area (Å²) in [6, 6.07) is 19.6. The Hall–Kier alpha value is -1.82. The van der Waals surface area contributed by atoms with Gasteiger partial charge in [0.05, 0.1) is 0 Å². The highest BCUT2D eigenvalue weighted by atomic mass is 14.1. The molecule has 0 nitrogen and oxygen atoms in total. The first kappa shape index (κ1) is 10.3. The molecule has 17 heavy (non-hydrogen) atoms. The minimum absolute atomic E-state index is 1.03. The van der Waals surface area contributed by atoms with E-state index in [-0.39, 0.29) is 0 Å². The van der Waals surface area contributed by atoms with Crippen LogP contribution in [0, 0.1) is 0 Å². The van der Waals surface area contributed by atoms with Crippen LogP contribution in [0.15, 0.2) is 60.7 Å². The standard InChI is InChI=1S/C17H16/c1-2-5-14(6-3-1)13-15-9-11-17(12-10-15)16-7-4-8-16/h1-3,5-7,9-12H,4,8,13H2. The van der Waals surface area contributed by atoms with Crippen LogP contribution in [0.1, 0.15) is 29.5 Å². The molecule has 0 amide bonds. The van der Waals surface area contributed by atoms with Gasteiger partial charge in [-0.2, -0.15) is 0 Å². The molecule has 1 aliphatic carbocycles. The fourth-order valence-corrected chi connectivity index (χ4v) is 2.22. The molecule has 0 fully saturated rings. The predicted molar refractivity (Wildman–Crippen MR) is 72.9 cm³/mol. The van der Waals surface area contributed by atoms with Gasteiger partial charge in [-0.3, -0.25) is 0 Å². The summed E-state index contributed by atoms with van der Waals surface area (Å²) in [5, 5.41) is 0. The Morgan fingerprint density at radius 3 is 2.00 bits per heavy atom. The van der Waals surface area contributed by atoms with Crippen molar-refractivity contribution in [2.75, 3.05) is 0 Å². The second-order valence-corrected chi connectivity index (χ2v) is 4.63. The van der Waals surface area contributed by atoms with Crippen molar-refractivity contribution >= 4 is 5.57 Å². The normalized spacial score (nSPS) is 14.0. The molecule has 2 aromatic carbocycles. The number of benzene rings is 2. The van der Waals surface area contributed by atoms with E-state index in [1.807, 2.05) is 0 Å². The van der Waals surface area contributed by atoms with Gasteiger partial charge in [-0.15, -0.1) is 0 Å². The van der Waals surface area contributed by atoms with E-state index in [9.17, 15) is 0 Å². The van der Waals surface area contributed by atoms with E-state index in [1.165, 1.54) is 35.1 Å². The molecule has 0 unspecified atom stereocenters. The average molecular weight is 220 g/mol. The maximum Gasteiger partial charge on any atom is -0.00258 e. The maximum atomic E-state index is 2.33. The highest BCUT2D eigenvalue weighted by molar-refractivity contribution is 5.69. The SMILES string of the molecule is C1=C(c2ccc(Cc3ccccc3)cc2)CC1. The summed E-state index contributed by atoms with van der Waals surface area (Å²) in [4.78, 5) is 0. The molecule has 0 aliphatic heterocycles. The number of rotatable bonds is 3. The van der Waals surface area contributed by atoms with Crippen LogP contribution in [-0.4, -0.2) is 0 Å². The summed E-state index contributed by atoms with van der Waals surface area (Å²) in [5.74, 6) is 0. The lowest BCUT2D eigenvalue weighted by atomic mass is 9.91. The Bertz CT molecular complexity index is 518. The predicted octanol–water partition coefficient (Wildman–Crippen LogP) is 4.45. The molecule has 0 spiro atoms. The highest BCUT2D eigenvalue weighted by Gasteiger charge is 2.07. The number of allylic oxidation sites excluding steroid dienone is 2. The highest BCUT2D eigenvalue weighted by Crippen LogP contribution is 2.28. The van der Waals surface area contributed by atoms with Gasteiger partial charge in [-0.25, -0.2) is 0 Å². The van der Waals surface area contributed by atoms with E-state index < -0.39 is 0 Å². The van der Waals surface area contributed by atoms with Crippen LogP contribution >= 0.6 is 0 Å². The molecule has 0 heterocycles. The Morgan fingerprint density at radius 2 is 1.41 bits per heavy atom. The Balaban J connectivity index is 1.76. The van der Waals surface area contributed by atoms with Crippen LogP contribution in [0.3, 0.4) is 0 Å². The smallest absolute Gasteiger partial charge is 0.00258 e. The summed E-state index contributed by atoms with van der Waals surface area (Å²) in [6.07, 6.45) is 5.85. The zero-order valence-electron chi connectivity index (χ0n) is 9.89. The lowest BCUT2D eigenvalue weighted by molar-refractivity contribution is 0.987. The molecule has 0 saturated carbocycles. The van der Waals surface area contributed by atoms with Crippen molar-refractivity contribution in [3.63, 3.8) is 0 Å². The van der Waals surface area contributed by atoms with E-state index in [4.69, 9.17) is 0 Å². The molecule has 0 heteroatoms. The van der Waals surface area contributed by atoms with E-state index >= 15 is 0 Å². The van der Waals surface area contributed by atoms with Crippen molar-refractivity contribution in [1.82, 2.24) is 0 Å². The quantitative estimate of drug-likeness (QED) is 0.716. The lowest BCUT2D eigenvalue weighted by Crippen LogP contribution is -1.94. The first-order valence-corrected chi connectivity index (χ1v) is 6.24. The van der Waals surface area contributed by atoms with Crippen LogP contribution < -0.4 is 0 Å². The van der Waals surface area contributed by atoms with E-state index in [2.05, 4.69) is 60.7 Å². The van der Waals surface area contributed by atoms with Gasteiger partial charge in [0.15, 0.2) is 0 Å². The van der Waals surface area contributed by atoms with Crippen LogP contribution in [0.4, 0.5) is 0 Å². The second kappa shape index (κ2) is 4.58. The van der Waals surface area contributed by atoms with E-state index in [0.29, 0.717) is 0 Å². The fourth-order valence-electron chi connectivity index (χ4n) is 2.22. The maximum absolute atomic E-state index is 2.33. The minimum Gasteiger partial charge on any atom is -0.0804 e. The van der Waals surface area contributed by atoms with E-state index in [0.717, 1.165) is 6.42 Å². The Kier molecular flexibility index (Phi) is 2.79. The van der Waals surface area contributed by atoms with Crippen molar-refractivity contribution in [1.29, 1.82) is 0 Å². The number of hydrogen-bond donors (Lipinski definition) is 0. The third-order valence-corrected chi connectivity index (χ3v) is 3.38. The van der Waals surface area contributed by atoms with Gasteiger partial charge < -0.3 is 0 Å². The van der Waals surface area contributed by atoms with Crippen molar-refractivity contribution in [2.24, 2.45) is 0 Å². The van der Waals surface area contributed by atoms with Gasteiger partial charge in [-0.05, 0) is 41.5 Å². The van der Waals surface area contributed by atoms with Gasteiger partial charge in [0.25, 0.3) is 0 Å². The average Bonchev–Trinajstić information content (AvgIpc) is 2.31. The molecule has 0 N–H and O–H groups in total. The summed E-state index contributed by atoms with van der Waals surface area (Å²) >= 11 is 0. The summed E-state index contributed by atoms with van der Waals surface area (Å²) in [6.45, 7) is 0. The van der Waals surface area contributed by atoms with Crippen LogP contribution in [-0.2, 0) is 6.42 Å². The van der Waals surface area contributed by atoms with Gasteiger partial charge in [-0.1, -0.05) is 60.7 Å².